The number of likely N-dealkylation sites (tertiary alicyclic amines) is 1. The molecule has 124 valence electrons. The van der Waals surface area contributed by atoms with Gasteiger partial charge in [-0.3, -0.25) is 4.79 Å². The fourth-order valence-corrected chi connectivity index (χ4v) is 3.20. The fraction of sp³-hybridized carbons (Fsp3) is 0.941. The second kappa shape index (κ2) is 8.14. The van der Waals surface area contributed by atoms with Crippen LogP contribution in [0.3, 0.4) is 0 Å². The minimum Gasteiger partial charge on any atom is -0.468 e. The van der Waals surface area contributed by atoms with E-state index in [-0.39, 0.29) is 5.97 Å². The monoisotopic (exact) mass is 298 g/mol. The van der Waals surface area contributed by atoms with Crippen LogP contribution in [0.15, 0.2) is 0 Å². The van der Waals surface area contributed by atoms with Crippen LogP contribution in [0.2, 0.25) is 0 Å². The van der Waals surface area contributed by atoms with Crippen molar-refractivity contribution in [1.82, 2.24) is 10.2 Å². The number of hydrogen-bond donors (Lipinski definition) is 1. The Morgan fingerprint density at radius 2 is 1.95 bits per heavy atom. The van der Waals surface area contributed by atoms with Crippen molar-refractivity contribution in [2.45, 2.75) is 65.3 Å². The van der Waals surface area contributed by atoms with Crippen LogP contribution < -0.4 is 5.32 Å². The first-order valence-corrected chi connectivity index (χ1v) is 8.45. The maximum absolute atomic E-state index is 11.9. The van der Waals surface area contributed by atoms with Crippen LogP contribution in [0.1, 0.15) is 59.8 Å². The Morgan fingerprint density at radius 3 is 2.43 bits per heavy atom. The molecule has 1 rings (SSSR count). The third-order valence-electron chi connectivity index (χ3n) is 5.27. The molecule has 1 atom stereocenters. The van der Waals surface area contributed by atoms with Crippen LogP contribution >= 0.6 is 0 Å². The second-order valence-corrected chi connectivity index (χ2v) is 6.96. The molecule has 1 heterocycles. The summed E-state index contributed by atoms with van der Waals surface area (Å²) in [6.45, 7) is 12.9. The molecule has 1 fully saturated rings. The molecule has 4 heteroatoms. The molecule has 0 amide bonds. The second-order valence-electron chi connectivity index (χ2n) is 6.96. The summed E-state index contributed by atoms with van der Waals surface area (Å²) < 4.78 is 4.94. The number of ether oxygens (including phenoxy) is 1. The number of piperidine rings is 1. The average Bonchev–Trinajstić information content (AvgIpc) is 2.49. The van der Waals surface area contributed by atoms with E-state index < -0.39 is 5.54 Å². The molecule has 0 bridgehead atoms. The van der Waals surface area contributed by atoms with E-state index in [0.29, 0.717) is 5.41 Å². The van der Waals surface area contributed by atoms with Gasteiger partial charge in [-0.25, -0.2) is 0 Å². The van der Waals surface area contributed by atoms with Crippen molar-refractivity contribution in [3.05, 3.63) is 0 Å². The van der Waals surface area contributed by atoms with Crippen LogP contribution in [0, 0.1) is 5.41 Å². The zero-order valence-electron chi connectivity index (χ0n) is 14.6. The number of nitrogens with one attached hydrogen (secondary N) is 1. The van der Waals surface area contributed by atoms with Gasteiger partial charge < -0.3 is 15.0 Å². The Hall–Kier alpha value is -0.610. The van der Waals surface area contributed by atoms with Crippen molar-refractivity contribution in [3.63, 3.8) is 0 Å². The van der Waals surface area contributed by atoms with E-state index >= 15 is 0 Å². The van der Waals surface area contributed by atoms with Crippen molar-refractivity contribution < 1.29 is 9.53 Å². The summed E-state index contributed by atoms with van der Waals surface area (Å²) in [5, 5.41) is 3.28. The summed E-state index contributed by atoms with van der Waals surface area (Å²) in [5.74, 6) is -0.151. The number of likely N-dealkylation sites (N-methyl/N-ethyl adjacent to an activating group) is 1. The van der Waals surface area contributed by atoms with Crippen LogP contribution in [0.25, 0.3) is 0 Å². The number of nitrogens with zero attached hydrogens (tertiary/aromatic N) is 1. The van der Waals surface area contributed by atoms with Gasteiger partial charge in [-0.15, -0.1) is 0 Å². The summed E-state index contributed by atoms with van der Waals surface area (Å²) >= 11 is 0. The predicted molar refractivity (Wildman–Crippen MR) is 87.4 cm³/mol. The van der Waals surface area contributed by atoms with Crippen molar-refractivity contribution in [1.29, 1.82) is 0 Å². The highest BCUT2D eigenvalue weighted by Gasteiger charge is 2.33. The van der Waals surface area contributed by atoms with Gasteiger partial charge in [-0.2, -0.15) is 0 Å². The largest absolute Gasteiger partial charge is 0.468 e. The van der Waals surface area contributed by atoms with Gasteiger partial charge in [0, 0.05) is 0 Å². The molecule has 4 nitrogen and oxygen atoms in total. The van der Waals surface area contributed by atoms with Crippen LogP contribution in [0.5, 0.6) is 0 Å². The highest BCUT2D eigenvalue weighted by molar-refractivity contribution is 5.80. The number of carbonyl (C=O) groups is 1. The van der Waals surface area contributed by atoms with Gasteiger partial charge >= 0.3 is 5.97 Å². The molecular formula is C17H34N2O2. The van der Waals surface area contributed by atoms with E-state index in [1.165, 1.54) is 39.5 Å². The van der Waals surface area contributed by atoms with E-state index in [0.717, 1.165) is 25.9 Å². The van der Waals surface area contributed by atoms with Crippen LogP contribution in [-0.4, -0.2) is 49.7 Å². The molecule has 0 radical (unpaired) electrons. The van der Waals surface area contributed by atoms with Gasteiger partial charge in [0.05, 0.1) is 7.11 Å². The van der Waals surface area contributed by atoms with Gasteiger partial charge in [-0.05, 0) is 64.2 Å². The summed E-state index contributed by atoms with van der Waals surface area (Å²) in [4.78, 5) is 14.5. The fourth-order valence-electron chi connectivity index (χ4n) is 3.20. The summed E-state index contributed by atoms with van der Waals surface area (Å²) in [5.41, 5.74) is -0.00197. The molecule has 1 aliphatic rings. The standard InChI is InChI=1S/C17H34N2O2/c1-6-16(3)10-13-19(14-11-16)12-8-9-17(4,18-7-2)15(20)21-5/h18H,6-14H2,1-5H3. The first-order chi connectivity index (χ1) is 9.89. The van der Waals surface area contributed by atoms with Crippen LogP contribution in [0.4, 0.5) is 0 Å². The van der Waals surface area contributed by atoms with Gasteiger partial charge in [0.15, 0.2) is 0 Å². The summed E-state index contributed by atoms with van der Waals surface area (Å²) in [6, 6.07) is 0. The van der Waals surface area contributed by atoms with Crippen molar-refractivity contribution >= 4 is 5.97 Å². The zero-order valence-corrected chi connectivity index (χ0v) is 14.6. The van der Waals surface area contributed by atoms with Gasteiger partial charge in [-0.1, -0.05) is 27.2 Å². The highest BCUT2D eigenvalue weighted by atomic mass is 16.5. The predicted octanol–water partition coefficient (Wildman–Crippen LogP) is 2.82. The van der Waals surface area contributed by atoms with E-state index in [1.54, 1.807) is 0 Å². The molecule has 0 aromatic carbocycles. The van der Waals surface area contributed by atoms with E-state index in [1.807, 2.05) is 13.8 Å². The molecule has 0 saturated carbocycles. The Morgan fingerprint density at radius 1 is 1.33 bits per heavy atom. The molecule has 1 aliphatic heterocycles. The summed E-state index contributed by atoms with van der Waals surface area (Å²) in [7, 11) is 1.47. The quantitative estimate of drug-likeness (QED) is 0.700. The normalized spacial score (nSPS) is 21.8. The van der Waals surface area contributed by atoms with E-state index in [4.69, 9.17) is 4.74 Å². The highest BCUT2D eigenvalue weighted by Crippen LogP contribution is 2.34. The minimum absolute atomic E-state index is 0.151. The molecule has 0 aromatic heterocycles. The number of methoxy groups -OCH3 is 1. The molecule has 1 saturated heterocycles. The Labute approximate surface area is 130 Å². The van der Waals surface area contributed by atoms with Crippen molar-refractivity contribution in [2.24, 2.45) is 5.41 Å². The van der Waals surface area contributed by atoms with Gasteiger partial charge in [0.25, 0.3) is 0 Å². The lowest BCUT2D eigenvalue weighted by Crippen LogP contribution is -2.50. The molecule has 0 spiro atoms. The van der Waals surface area contributed by atoms with Crippen molar-refractivity contribution in [3.8, 4) is 0 Å². The summed E-state index contributed by atoms with van der Waals surface area (Å²) in [6.07, 6.45) is 5.73. The topological polar surface area (TPSA) is 41.6 Å². The number of carbonyl (C=O) groups excluding carboxylic acids is 1. The third kappa shape index (κ3) is 5.26. The Kier molecular flexibility index (Phi) is 7.14. The lowest BCUT2D eigenvalue weighted by molar-refractivity contribution is -0.148. The minimum atomic E-state index is -0.544. The first kappa shape index (κ1) is 18.4. The van der Waals surface area contributed by atoms with Gasteiger partial charge in [0.1, 0.15) is 5.54 Å². The van der Waals surface area contributed by atoms with Gasteiger partial charge in [0.2, 0.25) is 0 Å². The van der Waals surface area contributed by atoms with E-state index in [9.17, 15) is 4.79 Å². The molecule has 1 unspecified atom stereocenters. The van der Waals surface area contributed by atoms with E-state index in [2.05, 4.69) is 24.1 Å². The number of hydrogen-bond acceptors (Lipinski definition) is 4. The smallest absolute Gasteiger partial charge is 0.325 e. The maximum Gasteiger partial charge on any atom is 0.325 e. The third-order valence-corrected chi connectivity index (χ3v) is 5.27. The van der Waals surface area contributed by atoms with Crippen LogP contribution in [-0.2, 0) is 9.53 Å². The molecule has 0 aromatic rings. The zero-order chi connectivity index (χ0) is 15.9. The Balaban J connectivity index is 2.37. The molecule has 21 heavy (non-hydrogen) atoms. The average molecular weight is 298 g/mol. The molecule has 0 aliphatic carbocycles. The van der Waals surface area contributed by atoms with Crippen molar-refractivity contribution in [2.75, 3.05) is 33.3 Å². The maximum atomic E-state index is 11.9. The Bertz CT molecular complexity index is 325. The lowest BCUT2D eigenvalue weighted by Gasteiger charge is -2.39. The first-order valence-electron chi connectivity index (χ1n) is 8.45. The number of rotatable bonds is 8. The molecular weight excluding hydrogens is 264 g/mol. The molecule has 1 N–H and O–H groups in total. The SMILES string of the molecule is CCNC(C)(CCCN1CCC(C)(CC)CC1)C(=O)OC. The number of esters is 1. The lowest BCUT2D eigenvalue weighted by atomic mass is 9.78.